The number of carbonyl (C=O) groups is 1. The summed E-state index contributed by atoms with van der Waals surface area (Å²) in [6.07, 6.45) is 5.88. The van der Waals surface area contributed by atoms with Gasteiger partial charge in [0.05, 0.1) is 7.11 Å². The van der Waals surface area contributed by atoms with Crippen molar-refractivity contribution in [3.8, 4) is 5.75 Å². The molecule has 0 spiro atoms. The fourth-order valence-electron chi connectivity index (χ4n) is 3.88. The number of ether oxygens (including phenoxy) is 1. The number of benzene rings is 2. The summed E-state index contributed by atoms with van der Waals surface area (Å²) in [4.78, 5) is 12.6. The molecule has 0 radical (unpaired) electrons. The molecule has 0 unspecified atom stereocenters. The van der Waals surface area contributed by atoms with E-state index in [2.05, 4.69) is 17.4 Å². The number of rotatable bonds is 6. The highest BCUT2D eigenvalue weighted by molar-refractivity contribution is 5.94. The van der Waals surface area contributed by atoms with Gasteiger partial charge in [0.25, 0.3) is 5.91 Å². The zero-order valence-electron chi connectivity index (χ0n) is 15.5. The van der Waals surface area contributed by atoms with Crippen LogP contribution >= 0.6 is 0 Å². The molecule has 0 atom stereocenters. The second-order valence-corrected chi connectivity index (χ2v) is 7.15. The van der Waals surface area contributed by atoms with Gasteiger partial charge in [-0.3, -0.25) is 4.79 Å². The van der Waals surface area contributed by atoms with Gasteiger partial charge in [0.15, 0.2) is 0 Å². The molecule has 1 aliphatic carbocycles. The van der Waals surface area contributed by atoms with Crippen LogP contribution in [-0.2, 0) is 12.0 Å². The van der Waals surface area contributed by atoms with E-state index in [1.54, 1.807) is 7.11 Å². The van der Waals surface area contributed by atoms with Crippen molar-refractivity contribution in [1.82, 2.24) is 5.32 Å². The van der Waals surface area contributed by atoms with Crippen molar-refractivity contribution in [2.45, 2.75) is 44.1 Å². The Hall–Kier alpha value is -2.33. The second kappa shape index (κ2) is 8.37. The SMILES string of the molecule is COc1ccc(C2(CNC(=O)c3ccc(CN)cc3)CCCCC2)cc1. The summed E-state index contributed by atoms with van der Waals surface area (Å²) in [5.41, 5.74) is 8.64. The van der Waals surface area contributed by atoms with Crippen LogP contribution in [0.2, 0.25) is 0 Å². The van der Waals surface area contributed by atoms with E-state index in [0.29, 0.717) is 18.7 Å². The maximum absolute atomic E-state index is 12.6. The molecule has 0 bridgehead atoms. The van der Waals surface area contributed by atoms with Gasteiger partial charge in [0.1, 0.15) is 5.75 Å². The van der Waals surface area contributed by atoms with Crippen LogP contribution in [0.25, 0.3) is 0 Å². The van der Waals surface area contributed by atoms with Crippen molar-refractivity contribution >= 4 is 5.91 Å². The average molecular weight is 352 g/mol. The van der Waals surface area contributed by atoms with Gasteiger partial charge in [-0.15, -0.1) is 0 Å². The summed E-state index contributed by atoms with van der Waals surface area (Å²) in [5, 5.41) is 3.17. The smallest absolute Gasteiger partial charge is 0.251 e. The third-order valence-electron chi connectivity index (χ3n) is 5.55. The normalized spacial score (nSPS) is 16.1. The first-order chi connectivity index (χ1) is 12.7. The zero-order valence-corrected chi connectivity index (χ0v) is 15.5. The van der Waals surface area contributed by atoms with Crippen LogP contribution in [0.4, 0.5) is 0 Å². The lowest BCUT2D eigenvalue weighted by atomic mass is 9.69. The summed E-state index contributed by atoms with van der Waals surface area (Å²) in [6.45, 7) is 1.15. The van der Waals surface area contributed by atoms with Gasteiger partial charge in [0.2, 0.25) is 0 Å². The number of nitrogens with two attached hydrogens (primary N) is 1. The number of hydrogen-bond donors (Lipinski definition) is 2. The number of carbonyl (C=O) groups excluding carboxylic acids is 1. The molecule has 1 amide bonds. The lowest BCUT2D eigenvalue weighted by Crippen LogP contribution is -2.42. The first kappa shape index (κ1) is 18.5. The van der Waals surface area contributed by atoms with Crippen molar-refractivity contribution in [3.63, 3.8) is 0 Å². The monoisotopic (exact) mass is 352 g/mol. The van der Waals surface area contributed by atoms with Gasteiger partial charge in [-0.25, -0.2) is 0 Å². The maximum atomic E-state index is 12.6. The highest BCUT2D eigenvalue weighted by atomic mass is 16.5. The molecular formula is C22H28N2O2. The minimum atomic E-state index is -0.0213. The molecule has 0 saturated heterocycles. The van der Waals surface area contributed by atoms with Gasteiger partial charge in [-0.2, -0.15) is 0 Å². The van der Waals surface area contributed by atoms with Gasteiger partial charge < -0.3 is 15.8 Å². The Labute approximate surface area is 155 Å². The quantitative estimate of drug-likeness (QED) is 0.831. The van der Waals surface area contributed by atoms with E-state index < -0.39 is 0 Å². The average Bonchev–Trinajstić information content (AvgIpc) is 2.73. The molecule has 3 N–H and O–H groups in total. The Morgan fingerprint density at radius 2 is 1.69 bits per heavy atom. The van der Waals surface area contributed by atoms with Crippen molar-refractivity contribution in [3.05, 3.63) is 65.2 Å². The van der Waals surface area contributed by atoms with Crippen molar-refractivity contribution < 1.29 is 9.53 Å². The Morgan fingerprint density at radius 1 is 1.04 bits per heavy atom. The summed E-state index contributed by atoms with van der Waals surface area (Å²) in [6, 6.07) is 15.8. The molecule has 3 rings (SSSR count). The van der Waals surface area contributed by atoms with Gasteiger partial charge in [-0.1, -0.05) is 43.5 Å². The number of hydrogen-bond acceptors (Lipinski definition) is 3. The van der Waals surface area contributed by atoms with E-state index in [-0.39, 0.29) is 11.3 Å². The lowest BCUT2D eigenvalue weighted by molar-refractivity contribution is 0.0936. The molecule has 0 heterocycles. The van der Waals surface area contributed by atoms with E-state index in [9.17, 15) is 4.79 Å². The highest BCUT2D eigenvalue weighted by Gasteiger charge is 2.34. The molecule has 4 heteroatoms. The minimum Gasteiger partial charge on any atom is -0.497 e. The summed E-state index contributed by atoms with van der Waals surface area (Å²) in [7, 11) is 1.68. The Kier molecular flexibility index (Phi) is 5.94. The number of methoxy groups -OCH3 is 1. The zero-order chi connectivity index (χ0) is 18.4. The molecule has 26 heavy (non-hydrogen) atoms. The Bertz CT molecular complexity index is 717. The van der Waals surface area contributed by atoms with Crippen LogP contribution < -0.4 is 15.8 Å². The largest absolute Gasteiger partial charge is 0.497 e. The van der Waals surface area contributed by atoms with Crippen LogP contribution in [0.15, 0.2) is 48.5 Å². The van der Waals surface area contributed by atoms with Crippen LogP contribution in [0.3, 0.4) is 0 Å². The summed E-state index contributed by atoms with van der Waals surface area (Å²) in [5.74, 6) is 0.843. The third-order valence-corrected chi connectivity index (χ3v) is 5.55. The predicted octanol–water partition coefficient (Wildman–Crippen LogP) is 3.79. The molecule has 138 valence electrons. The van der Waals surface area contributed by atoms with Gasteiger partial charge >= 0.3 is 0 Å². The molecule has 2 aromatic carbocycles. The molecule has 1 aliphatic rings. The van der Waals surface area contributed by atoms with Crippen molar-refractivity contribution in [2.75, 3.05) is 13.7 Å². The topological polar surface area (TPSA) is 64.3 Å². The van der Waals surface area contributed by atoms with Crippen LogP contribution in [0.5, 0.6) is 5.75 Å². The highest BCUT2D eigenvalue weighted by Crippen LogP contribution is 2.39. The lowest BCUT2D eigenvalue weighted by Gasteiger charge is -2.38. The molecule has 1 saturated carbocycles. The fraction of sp³-hybridized carbons (Fsp3) is 0.409. The minimum absolute atomic E-state index is 0.0113. The maximum Gasteiger partial charge on any atom is 0.251 e. The first-order valence-corrected chi connectivity index (χ1v) is 9.39. The van der Waals surface area contributed by atoms with Gasteiger partial charge in [0, 0.05) is 24.1 Å². The standard InChI is InChI=1S/C22H28N2O2/c1-26-20-11-9-19(10-12-20)22(13-3-2-4-14-22)16-24-21(25)18-7-5-17(15-23)6-8-18/h5-12H,2-4,13-16,23H2,1H3,(H,24,25). The fourth-order valence-corrected chi connectivity index (χ4v) is 3.88. The molecule has 4 nitrogen and oxygen atoms in total. The van der Waals surface area contributed by atoms with E-state index >= 15 is 0 Å². The molecular weight excluding hydrogens is 324 g/mol. The molecule has 2 aromatic rings. The summed E-state index contributed by atoms with van der Waals surface area (Å²) >= 11 is 0. The molecule has 0 aliphatic heterocycles. The van der Waals surface area contributed by atoms with E-state index in [1.165, 1.54) is 24.8 Å². The van der Waals surface area contributed by atoms with Crippen LogP contribution in [0.1, 0.15) is 53.6 Å². The number of nitrogens with one attached hydrogen (secondary N) is 1. The first-order valence-electron chi connectivity index (χ1n) is 9.39. The third kappa shape index (κ3) is 4.07. The van der Waals surface area contributed by atoms with E-state index in [1.807, 2.05) is 36.4 Å². The van der Waals surface area contributed by atoms with Crippen molar-refractivity contribution in [1.29, 1.82) is 0 Å². The number of amides is 1. The van der Waals surface area contributed by atoms with Crippen molar-refractivity contribution in [2.24, 2.45) is 5.73 Å². The second-order valence-electron chi connectivity index (χ2n) is 7.15. The predicted molar refractivity (Wildman–Crippen MR) is 104 cm³/mol. The van der Waals surface area contributed by atoms with E-state index in [4.69, 9.17) is 10.5 Å². The molecule has 0 aromatic heterocycles. The molecule has 1 fully saturated rings. The summed E-state index contributed by atoms with van der Waals surface area (Å²) < 4.78 is 5.29. The Balaban J connectivity index is 1.74. The van der Waals surface area contributed by atoms with E-state index in [0.717, 1.165) is 24.2 Å². The van der Waals surface area contributed by atoms with Gasteiger partial charge in [-0.05, 0) is 48.2 Å². The van der Waals surface area contributed by atoms with Crippen LogP contribution in [-0.4, -0.2) is 19.6 Å². The van der Waals surface area contributed by atoms with Crippen LogP contribution in [0, 0.1) is 0 Å². The Morgan fingerprint density at radius 3 is 2.27 bits per heavy atom.